The van der Waals surface area contributed by atoms with E-state index in [1.54, 1.807) is 5.38 Å². The maximum Gasteiger partial charge on any atom is 0.417 e. The van der Waals surface area contributed by atoms with Gasteiger partial charge in [-0.2, -0.15) is 13.2 Å². The van der Waals surface area contributed by atoms with Gasteiger partial charge in [0.15, 0.2) is 11.5 Å². The molecule has 3 heterocycles. The van der Waals surface area contributed by atoms with Crippen molar-refractivity contribution in [3.8, 4) is 11.5 Å². The lowest BCUT2D eigenvalue weighted by Crippen LogP contribution is -2.06. The summed E-state index contributed by atoms with van der Waals surface area (Å²) in [6.45, 7) is 0.464. The van der Waals surface area contributed by atoms with Crippen molar-refractivity contribution in [2.45, 2.75) is 12.6 Å². The van der Waals surface area contributed by atoms with Gasteiger partial charge in [0.1, 0.15) is 5.69 Å². The first-order valence-electron chi connectivity index (χ1n) is 6.06. The molecule has 21 heavy (non-hydrogen) atoms. The van der Waals surface area contributed by atoms with Crippen molar-refractivity contribution in [1.82, 2.24) is 19.6 Å². The summed E-state index contributed by atoms with van der Waals surface area (Å²) in [4.78, 5) is 4.32. The highest BCUT2D eigenvalue weighted by Gasteiger charge is 2.31. The molecule has 5 nitrogen and oxygen atoms in total. The lowest BCUT2D eigenvalue weighted by molar-refractivity contribution is -0.137. The molecule has 0 radical (unpaired) electrons. The van der Waals surface area contributed by atoms with E-state index in [1.807, 2.05) is 0 Å². The molecule has 0 saturated heterocycles. The lowest BCUT2D eigenvalue weighted by atomic mass is 10.3. The standard InChI is InChI=1S/C12H10F3N5S/c13-12(14,15)7-1-2-9-18-19-11(20(9)5-7)8-6-21-10(17-8)3-4-16/h1-2,5-6H,3-4,16H2. The second kappa shape index (κ2) is 5.08. The zero-order valence-electron chi connectivity index (χ0n) is 10.6. The van der Waals surface area contributed by atoms with Crippen molar-refractivity contribution in [3.63, 3.8) is 0 Å². The molecule has 0 aliphatic heterocycles. The Morgan fingerprint density at radius 2 is 2.05 bits per heavy atom. The molecule has 3 aromatic heterocycles. The van der Waals surface area contributed by atoms with Crippen molar-refractivity contribution >= 4 is 17.0 Å². The smallest absolute Gasteiger partial charge is 0.330 e. The van der Waals surface area contributed by atoms with Crippen LogP contribution >= 0.6 is 11.3 Å². The summed E-state index contributed by atoms with van der Waals surface area (Å²) in [5.74, 6) is 0.288. The normalized spacial score (nSPS) is 12.2. The number of nitrogens with zero attached hydrogens (tertiary/aromatic N) is 4. The molecule has 2 N–H and O–H groups in total. The number of hydrogen-bond acceptors (Lipinski definition) is 5. The van der Waals surface area contributed by atoms with Gasteiger partial charge >= 0.3 is 6.18 Å². The second-order valence-electron chi connectivity index (χ2n) is 4.33. The molecule has 0 unspecified atom stereocenters. The van der Waals surface area contributed by atoms with E-state index in [2.05, 4.69) is 15.2 Å². The van der Waals surface area contributed by atoms with Gasteiger partial charge in [-0.05, 0) is 18.7 Å². The Bertz CT molecular complexity index is 777. The van der Waals surface area contributed by atoms with Crippen LogP contribution in [0.2, 0.25) is 0 Å². The quantitative estimate of drug-likeness (QED) is 0.806. The van der Waals surface area contributed by atoms with Crippen molar-refractivity contribution in [2.75, 3.05) is 6.54 Å². The molecule has 0 bridgehead atoms. The third-order valence-electron chi connectivity index (χ3n) is 2.87. The minimum Gasteiger partial charge on any atom is -0.330 e. The van der Waals surface area contributed by atoms with Crippen molar-refractivity contribution in [3.05, 3.63) is 34.3 Å². The molecule has 0 aliphatic carbocycles. The summed E-state index contributed by atoms with van der Waals surface area (Å²) in [7, 11) is 0. The van der Waals surface area contributed by atoms with Crippen LogP contribution in [0.25, 0.3) is 17.2 Å². The van der Waals surface area contributed by atoms with Crippen LogP contribution in [0, 0.1) is 0 Å². The summed E-state index contributed by atoms with van der Waals surface area (Å²) in [5, 5.41) is 10.3. The second-order valence-corrected chi connectivity index (χ2v) is 5.28. The number of hydrogen-bond donors (Lipinski definition) is 1. The number of halogens is 3. The number of thiazole rings is 1. The number of nitrogens with two attached hydrogens (primary N) is 1. The van der Waals surface area contributed by atoms with Gasteiger partial charge in [0.2, 0.25) is 0 Å². The molecular weight excluding hydrogens is 303 g/mol. The van der Waals surface area contributed by atoms with Gasteiger partial charge in [0.05, 0.1) is 10.6 Å². The molecule has 0 atom stereocenters. The van der Waals surface area contributed by atoms with Crippen LogP contribution in [0.1, 0.15) is 10.6 Å². The fraction of sp³-hybridized carbons (Fsp3) is 0.250. The van der Waals surface area contributed by atoms with Crippen LogP contribution in [0.5, 0.6) is 0 Å². The van der Waals surface area contributed by atoms with E-state index in [0.29, 0.717) is 24.3 Å². The number of rotatable bonds is 3. The van der Waals surface area contributed by atoms with Gasteiger partial charge in [-0.25, -0.2) is 4.98 Å². The summed E-state index contributed by atoms with van der Waals surface area (Å²) < 4.78 is 39.6. The highest BCUT2D eigenvalue weighted by Crippen LogP contribution is 2.30. The number of aromatic nitrogens is 4. The summed E-state index contributed by atoms with van der Waals surface area (Å²) in [5.41, 5.74) is 5.53. The van der Waals surface area contributed by atoms with E-state index in [1.165, 1.54) is 21.8 Å². The Hall–Kier alpha value is -2.00. The fourth-order valence-corrected chi connectivity index (χ4v) is 2.68. The largest absolute Gasteiger partial charge is 0.417 e. The van der Waals surface area contributed by atoms with Gasteiger partial charge in [-0.15, -0.1) is 21.5 Å². The van der Waals surface area contributed by atoms with Gasteiger partial charge in [0.25, 0.3) is 0 Å². The average Bonchev–Trinajstić information content (AvgIpc) is 3.03. The summed E-state index contributed by atoms with van der Waals surface area (Å²) in [6, 6.07) is 2.27. The maximum absolute atomic E-state index is 12.8. The summed E-state index contributed by atoms with van der Waals surface area (Å²) >= 11 is 1.40. The Balaban J connectivity index is 2.09. The molecule has 0 fully saturated rings. The molecule has 9 heteroatoms. The fourth-order valence-electron chi connectivity index (χ4n) is 1.89. The zero-order chi connectivity index (χ0) is 15.0. The highest BCUT2D eigenvalue weighted by molar-refractivity contribution is 7.09. The molecule has 0 amide bonds. The SMILES string of the molecule is NCCc1nc(-c2nnc3ccc(C(F)(F)F)cn23)cs1. The topological polar surface area (TPSA) is 69.1 Å². The Kier molecular flexibility index (Phi) is 3.38. The minimum atomic E-state index is -4.41. The number of alkyl halides is 3. The molecule has 3 rings (SSSR count). The number of pyridine rings is 1. The minimum absolute atomic E-state index is 0.288. The monoisotopic (exact) mass is 313 g/mol. The van der Waals surface area contributed by atoms with E-state index in [-0.39, 0.29) is 5.82 Å². The lowest BCUT2D eigenvalue weighted by Gasteiger charge is -2.06. The molecule has 110 valence electrons. The van der Waals surface area contributed by atoms with E-state index < -0.39 is 11.7 Å². The van der Waals surface area contributed by atoms with Crippen LogP contribution in [0.4, 0.5) is 13.2 Å². The maximum atomic E-state index is 12.8. The molecule has 0 aliphatic rings. The van der Waals surface area contributed by atoms with Crippen molar-refractivity contribution < 1.29 is 13.2 Å². The third kappa shape index (κ3) is 2.61. The third-order valence-corrected chi connectivity index (χ3v) is 3.78. The van der Waals surface area contributed by atoms with Gasteiger partial charge in [-0.3, -0.25) is 4.40 Å². The first-order chi connectivity index (χ1) is 9.99. The van der Waals surface area contributed by atoms with E-state index in [4.69, 9.17) is 5.73 Å². The molecule has 0 saturated carbocycles. The Morgan fingerprint density at radius 3 is 2.76 bits per heavy atom. The molecule has 3 aromatic rings. The van der Waals surface area contributed by atoms with Crippen LogP contribution < -0.4 is 5.73 Å². The van der Waals surface area contributed by atoms with Crippen molar-refractivity contribution in [2.24, 2.45) is 5.73 Å². The first-order valence-corrected chi connectivity index (χ1v) is 6.94. The average molecular weight is 313 g/mol. The predicted molar refractivity (Wildman–Crippen MR) is 71.9 cm³/mol. The van der Waals surface area contributed by atoms with Crippen LogP contribution in [0.3, 0.4) is 0 Å². The van der Waals surface area contributed by atoms with Crippen LogP contribution in [-0.2, 0) is 12.6 Å². The number of fused-ring (bicyclic) bond motifs is 1. The van der Waals surface area contributed by atoms with E-state index in [0.717, 1.165) is 17.3 Å². The van der Waals surface area contributed by atoms with Crippen LogP contribution in [-0.4, -0.2) is 26.1 Å². The van der Waals surface area contributed by atoms with E-state index in [9.17, 15) is 13.2 Å². The predicted octanol–water partition coefficient (Wildman–Crippen LogP) is 2.37. The van der Waals surface area contributed by atoms with Crippen molar-refractivity contribution in [1.29, 1.82) is 0 Å². The molecule has 0 aromatic carbocycles. The van der Waals surface area contributed by atoms with Gasteiger partial charge in [0, 0.05) is 18.0 Å². The zero-order valence-corrected chi connectivity index (χ0v) is 11.4. The Labute approximate surface area is 121 Å². The van der Waals surface area contributed by atoms with Crippen LogP contribution in [0.15, 0.2) is 23.7 Å². The van der Waals surface area contributed by atoms with E-state index >= 15 is 0 Å². The first kappa shape index (κ1) is 14.0. The summed E-state index contributed by atoms with van der Waals surface area (Å²) in [6.07, 6.45) is -2.82. The van der Waals surface area contributed by atoms with Gasteiger partial charge < -0.3 is 5.73 Å². The molecular formula is C12H10F3N5S. The van der Waals surface area contributed by atoms with Gasteiger partial charge in [-0.1, -0.05) is 0 Å². The molecule has 0 spiro atoms. The highest BCUT2D eigenvalue weighted by atomic mass is 32.1. The Morgan fingerprint density at radius 1 is 1.24 bits per heavy atom.